The van der Waals surface area contributed by atoms with Gasteiger partial charge in [0.15, 0.2) is 11.7 Å². The Morgan fingerprint density at radius 3 is 2.90 bits per heavy atom. The van der Waals surface area contributed by atoms with Gasteiger partial charge in [0.05, 0.1) is 29.4 Å². The lowest BCUT2D eigenvalue weighted by molar-refractivity contribution is -0.00416. The Bertz CT molecular complexity index is 1900. The summed E-state index contributed by atoms with van der Waals surface area (Å²) in [6.07, 6.45) is 8.37. The van der Waals surface area contributed by atoms with Crippen LogP contribution in [0.4, 0.5) is 0 Å². The van der Waals surface area contributed by atoms with Crippen LogP contribution in [0.2, 0.25) is 0 Å². The van der Waals surface area contributed by atoms with E-state index in [2.05, 4.69) is 55.7 Å². The molecule has 4 aromatic heterocycles. The van der Waals surface area contributed by atoms with Crippen LogP contribution in [-0.2, 0) is 23.9 Å². The van der Waals surface area contributed by atoms with Crippen LogP contribution < -0.4 is 10.6 Å². The molecule has 0 fully saturated rings. The van der Waals surface area contributed by atoms with Gasteiger partial charge in [0, 0.05) is 36.9 Å². The molecular weight excluding hydrogens is 536 g/mol. The average Bonchev–Trinajstić information content (AvgIpc) is 3.82. The number of imidazole rings is 1. The van der Waals surface area contributed by atoms with Gasteiger partial charge in [-0.1, -0.05) is 19.1 Å². The molecule has 12 heteroatoms. The Hall–Kier alpha value is -4.94. The average molecular weight is 567 g/mol. The zero-order valence-electron chi connectivity index (χ0n) is 23.3. The highest BCUT2D eigenvalue weighted by molar-refractivity contribution is 5.96. The maximum Gasteiger partial charge on any atom is 0.269 e. The molecule has 5 aromatic rings. The number of H-pyrrole nitrogens is 2. The zero-order valence-corrected chi connectivity index (χ0v) is 23.3. The van der Waals surface area contributed by atoms with E-state index in [1.807, 2.05) is 30.6 Å². The summed E-state index contributed by atoms with van der Waals surface area (Å²) in [6, 6.07) is 6.06. The molecule has 0 radical (unpaired) electrons. The molecule has 12 nitrogen and oxygen atoms in total. The normalized spacial score (nSPS) is 18.7. The van der Waals surface area contributed by atoms with Crippen molar-refractivity contribution in [3.8, 4) is 34.4 Å². The molecule has 6 N–H and O–H groups in total. The number of aromatic hydroxyl groups is 2. The molecule has 2 aliphatic rings. The Balaban J connectivity index is 1.13. The third-order valence-electron chi connectivity index (χ3n) is 8.27. The van der Waals surface area contributed by atoms with Crippen molar-refractivity contribution in [3.05, 3.63) is 76.9 Å². The number of fused-ring (bicyclic) bond motifs is 6. The fourth-order valence-electron chi connectivity index (χ4n) is 5.93. The molecule has 7 rings (SSSR count). The lowest BCUT2D eigenvalue weighted by Crippen LogP contribution is -2.38. The first-order valence-corrected chi connectivity index (χ1v) is 13.8. The second kappa shape index (κ2) is 9.57. The highest BCUT2D eigenvalue weighted by Crippen LogP contribution is 2.57. The summed E-state index contributed by atoms with van der Waals surface area (Å²) in [7, 11) is 1.57. The number of aromatic nitrogens is 6. The molecule has 214 valence electrons. The number of hydrogen-bond donors (Lipinski definition) is 6. The maximum atomic E-state index is 13.2. The molecule has 1 aromatic carbocycles. The first kappa shape index (κ1) is 26.0. The fraction of sp³-hybridized carbons (Fsp3) is 0.267. The van der Waals surface area contributed by atoms with Gasteiger partial charge in [-0.25, -0.2) is 4.98 Å². The number of benzene rings is 1. The summed E-state index contributed by atoms with van der Waals surface area (Å²) in [5.41, 5.74) is 5.96. The molecule has 0 saturated carbocycles. The smallest absolute Gasteiger partial charge is 0.269 e. The van der Waals surface area contributed by atoms with Gasteiger partial charge in [-0.3, -0.25) is 19.4 Å². The molecule has 2 bridgehead atoms. The van der Waals surface area contributed by atoms with E-state index in [1.165, 1.54) is 10.8 Å². The molecule has 0 spiro atoms. The number of nitrogens with one attached hydrogen (secondary N) is 4. The van der Waals surface area contributed by atoms with E-state index >= 15 is 0 Å². The fourth-order valence-corrected chi connectivity index (χ4v) is 5.93. The van der Waals surface area contributed by atoms with Gasteiger partial charge in [-0.15, -0.1) is 0 Å². The summed E-state index contributed by atoms with van der Waals surface area (Å²) in [5, 5.41) is 35.6. The quantitative estimate of drug-likeness (QED) is 0.155. The van der Waals surface area contributed by atoms with Gasteiger partial charge >= 0.3 is 0 Å². The van der Waals surface area contributed by atoms with Crippen LogP contribution in [0.3, 0.4) is 0 Å². The summed E-state index contributed by atoms with van der Waals surface area (Å²) in [5.74, 6) is -0.0856. The van der Waals surface area contributed by atoms with Crippen molar-refractivity contribution in [3.63, 3.8) is 0 Å². The van der Waals surface area contributed by atoms with Gasteiger partial charge in [0.25, 0.3) is 5.91 Å². The van der Waals surface area contributed by atoms with Crippen molar-refractivity contribution in [2.75, 3.05) is 13.1 Å². The molecule has 2 aliphatic heterocycles. The highest BCUT2D eigenvalue weighted by Gasteiger charge is 2.52. The number of nitrogens with zero attached hydrogens (tertiary/aromatic N) is 4. The number of carbonyl (C=O) groups is 1. The van der Waals surface area contributed by atoms with Crippen molar-refractivity contribution in [2.24, 2.45) is 7.05 Å². The number of aromatic amines is 2. The molecular formula is C30H30N8O4. The Kier molecular flexibility index (Phi) is 5.92. The van der Waals surface area contributed by atoms with Crippen molar-refractivity contribution >= 4 is 16.8 Å². The number of carbonyl (C=O) groups excluding carboxylic acids is 1. The van der Waals surface area contributed by atoms with Crippen LogP contribution in [0.25, 0.3) is 33.5 Å². The van der Waals surface area contributed by atoms with Crippen LogP contribution in [0, 0.1) is 6.92 Å². The van der Waals surface area contributed by atoms with Crippen molar-refractivity contribution in [2.45, 2.75) is 32.1 Å². The maximum absolute atomic E-state index is 13.2. The Morgan fingerprint density at radius 2 is 2.07 bits per heavy atom. The van der Waals surface area contributed by atoms with E-state index in [9.17, 15) is 15.0 Å². The zero-order chi connectivity index (χ0) is 29.2. The second-order valence-corrected chi connectivity index (χ2v) is 10.7. The molecule has 2 atom stereocenters. The van der Waals surface area contributed by atoms with E-state index in [0.29, 0.717) is 22.6 Å². The Labute approximate surface area is 240 Å². The van der Waals surface area contributed by atoms with Gasteiger partial charge in [0.2, 0.25) is 5.88 Å². The standard InChI is InChI=1S/C30H30N8O4/c1-4-31-10-17-11-32-12-19(15(17)2)16-5-6-20-18(9-16)25(37-36-20)26-33-13-21(35-26)27(39)34-14-30-8-7-22(42-30)23-24(30)29(41)38(3)28(23)40/h5-9,11-13,22,31,40-41H,4,10,14H2,1-3H3,(H,33,35)(H,34,39)(H,36,37). The number of pyridine rings is 1. The lowest BCUT2D eigenvalue weighted by Gasteiger charge is -2.24. The first-order valence-electron chi connectivity index (χ1n) is 13.8. The van der Waals surface area contributed by atoms with E-state index in [0.717, 1.165) is 46.2 Å². The van der Waals surface area contributed by atoms with E-state index in [1.54, 1.807) is 13.1 Å². The van der Waals surface area contributed by atoms with E-state index < -0.39 is 17.6 Å². The van der Waals surface area contributed by atoms with Gasteiger partial charge < -0.3 is 30.6 Å². The Morgan fingerprint density at radius 1 is 1.21 bits per heavy atom. The minimum atomic E-state index is -1.06. The number of ether oxygens (including phenoxy) is 1. The lowest BCUT2D eigenvalue weighted by atomic mass is 9.89. The van der Waals surface area contributed by atoms with Gasteiger partial charge in [-0.2, -0.15) is 5.10 Å². The van der Waals surface area contributed by atoms with E-state index in [4.69, 9.17) is 4.74 Å². The third kappa shape index (κ3) is 3.83. The third-order valence-corrected chi connectivity index (χ3v) is 8.27. The van der Waals surface area contributed by atoms with Crippen molar-refractivity contribution < 1.29 is 19.7 Å². The summed E-state index contributed by atoms with van der Waals surface area (Å²) >= 11 is 0. The van der Waals surface area contributed by atoms with E-state index in [-0.39, 0.29) is 24.0 Å². The largest absolute Gasteiger partial charge is 0.494 e. The van der Waals surface area contributed by atoms with Crippen molar-refractivity contribution in [1.29, 1.82) is 0 Å². The minimum absolute atomic E-state index is 0.0507. The molecule has 0 saturated heterocycles. The molecule has 6 heterocycles. The first-order chi connectivity index (χ1) is 20.3. The predicted molar refractivity (Wildman–Crippen MR) is 155 cm³/mol. The van der Waals surface area contributed by atoms with Crippen LogP contribution >= 0.6 is 0 Å². The predicted octanol–water partition coefficient (Wildman–Crippen LogP) is 3.45. The molecule has 2 unspecified atom stereocenters. The molecule has 1 amide bonds. The number of hydrogen-bond acceptors (Lipinski definition) is 8. The SMILES string of the molecule is CCNCc1cncc(-c2ccc3[nH]nc(-c4ncc(C(=O)NCC56C=CC(O5)c5c6c(O)n(C)c5O)[nH]4)c3c2)c1C. The number of rotatable bonds is 8. The van der Waals surface area contributed by atoms with Crippen molar-refractivity contribution in [1.82, 2.24) is 40.3 Å². The van der Waals surface area contributed by atoms with Crippen LogP contribution in [0.5, 0.6) is 11.8 Å². The van der Waals surface area contributed by atoms with Crippen LogP contribution in [0.15, 0.2) is 48.9 Å². The summed E-state index contributed by atoms with van der Waals surface area (Å²) < 4.78 is 7.37. The van der Waals surface area contributed by atoms with Crippen LogP contribution in [-0.4, -0.2) is 58.9 Å². The monoisotopic (exact) mass is 566 g/mol. The summed E-state index contributed by atoms with van der Waals surface area (Å²) in [6.45, 7) is 5.87. The second-order valence-electron chi connectivity index (χ2n) is 10.7. The van der Waals surface area contributed by atoms with Crippen LogP contribution in [0.1, 0.15) is 45.8 Å². The highest BCUT2D eigenvalue weighted by atomic mass is 16.5. The van der Waals surface area contributed by atoms with Gasteiger partial charge in [-0.05, 0) is 48.4 Å². The molecule has 42 heavy (non-hydrogen) atoms. The molecule has 0 aliphatic carbocycles. The number of amides is 1. The summed E-state index contributed by atoms with van der Waals surface area (Å²) in [4.78, 5) is 25.2. The van der Waals surface area contributed by atoms with Gasteiger partial charge in [0.1, 0.15) is 23.1 Å². The topological polar surface area (TPSA) is 166 Å². The minimum Gasteiger partial charge on any atom is -0.494 e.